The number of hydrogen-bond donors (Lipinski definition) is 0. The van der Waals surface area contributed by atoms with E-state index in [1.54, 1.807) is 6.20 Å². The van der Waals surface area contributed by atoms with Gasteiger partial charge in [0, 0.05) is 28.4 Å². The third kappa shape index (κ3) is 3.78. The molecule has 0 N–H and O–H groups in total. The van der Waals surface area contributed by atoms with Crippen molar-refractivity contribution in [3.63, 3.8) is 0 Å². The summed E-state index contributed by atoms with van der Waals surface area (Å²) >= 11 is 6.13. The largest absolute Gasteiger partial charge is 0.278 e. The highest BCUT2D eigenvalue weighted by Gasteiger charge is 2.25. The van der Waals surface area contributed by atoms with Gasteiger partial charge in [-0.25, -0.2) is 9.98 Å². The number of benzene rings is 3. The topological polar surface area (TPSA) is 52.3 Å². The van der Waals surface area contributed by atoms with E-state index in [4.69, 9.17) is 16.6 Å². The first-order chi connectivity index (χ1) is 15.7. The predicted molar refractivity (Wildman–Crippen MR) is 130 cm³/mol. The lowest BCUT2D eigenvalue weighted by molar-refractivity contribution is 1.14. The number of pyridine rings is 1. The van der Waals surface area contributed by atoms with Gasteiger partial charge in [-0.1, -0.05) is 54.1 Å². The average Bonchev–Trinajstić information content (AvgIpc) is 2.84. The van der Waals surface area contributed by atoms with Gasteiger partial charge < -0.3 is 0 Å². The Kier molecular flexibility index (Phi) is 5.25. The molecule has 32 heavy (non-hydrogen) atoms. The maximum atomic E-state index is 9.51. The van der Waals surface area contributed by atoms with Gasteiger partial charge in [-0.3, -0.25) is 4.90 Å². The molecule has 0 radical (unpaired) electrons. The van der Waals surface area contributed by atoms with Gasteiger partial charge in [0.15, 0.2) is 0 Å². The SMILES string of the molecule is N#C/C=C1\C=C(c2ccc3ccccc3c2)N=C(c2ccc(Cl)cc2)N1c1ccccn1. The summed E-state index contributed by atoms with van der Waals surface area (Å²) in [6.07, 6.45) is 5.16. The lowest BCUT2D eigenvalue weighted by atomic mass is 10.0. The molecule has 0 fully saturated rings. The molecule has 0 saturated heterocycles. The molecule has 5 rings (SSSR count). The maximum absolute atomic E-state index is 9.51. The van der Waals surface area contributed by atoms with E-state index in [9.17, 15) is 5.26 Å². The number of aromatic nitrogens is 1. The second-order valence-corrected chi connectivity index (χ2v) is 7.69. The van der Waals surface area contributed by atoms with E-state index < -0.39 is 0 Å². The highest BCUT2D eigenvalue weighted by Crippen LogP contribution is 2.32. The van der Waals surface area contributed by atoms with Gasteiger partial charge in [-0.2, -0.15) is 5.26 Å². The van der Waals surface area contributed by atoms with E-state index in [0.717, 1.165) is 27.6 Å². The highest BCUT2D eigenvalue weighted by atomic mass is 35.5. The van der Waals surface area contributed by atoms with E-state index in [0.29, 0.717) is 22.4 Å². The summed E-state index contributed by atoms with van der Waals surface area (Å²) < 4.78 is 0. The van der Waals surface area contributed by atoms with Crippen LogP contribution in [0.15, 0.2) is 114 Å². The van der Waals surface area contributed by atoms with Crippen LogP contribution in [-0.2, 0) is 0 Å². The maximum Gasteiger partial charge on any atom is 0.146 e. The van der Waals surface area contributed by atoms with Gasteiger partial charge in [0.1, 0.15) is 11.7 Å². The standard InChI is InChI=1S/C27H17ClN4/c28-23-12-10-20(11-13-23)27-31-25(22-9-8-19-5-1-2-6-21(19)17-22)18-24(14-15-29)32(27)26-7-3-4-16-30-26/h1-14,16-18H/b24-14+. The number of rotatable bonds is 3. The Balaban J connectivity index is 1.71. The van der Waals surface area contributed by atoms with E-state index in [-0.39, 0.29) is 0 Å². The van der Waals surface area contributed by atoms with Crippen LogP contribution in [-0.4, -0.2) is 10.8 Å². The summed E-state index contributed by atoms with van der Waals surface area (Å²) in [4.78, 5) is 11.4. The molecule has 1 aliphatic heterocycles. The fourth-order valence-electron chi connectivity index (χ4n) is 3.71. The smallest absolute Gasteiger partial charge is 0.146 e. The van der Waals surface area contributed by atoms with Crippen LogP contribution < -0.4 is 4.90 Å². The summed E-state index contributed by atoms with van der Waals surface area (Å²) in [5.74, 6) is 1.35. The number of anilines is 1. The van der Waals surface area contributed by atoms with Crippen molar-refractivity contribution in [2.75, 3.05) is 4.90 Å². The Labute approximate surface area is 191 Å². The van der Waals surface area contributed by atoms with Crippen LogP contribution in [0.3, 0.4) is 0 Å². The van der Waals surface area contributed by atoms with Crippen molar-refractivity contribution < 1.29 is 0 Å². The number of nitrogens with zero attached hydrogens (tertiary/aromatic N) is 4. The quantitative estimate of drug-likeness (QED) is 0.342. The second kappa shape index (κ2) is 8.50. The molecule has 0 bridgehead atoms. The predicted octanol–water partition coefficient (Wildman–Crippen LogP) is 6.60. The Hall–Kier alpha value is -4.20. The van der Waals surface area contributed by atoms with Crippen LogP contribution in [0.25, 0.3) is 16.5 Å². The number of fused-ring (bicyclic) bond motifs is 1. The van der Waals surface area contributed by atoms with Crippen LogP contribution in [0.2, 0.25) is 5.02 Å². The number of allylic oxidation sites excluding steroid dienone is 2. The molecule has 3 aromatic carbocycles. The van der Waals surface area contributed by atoms with Gasteiger partial charge in [0.05, 0.1) is 17.5 Å². The number of amidine groups is 1. The van der Waals surface area contributed by atoms with Crippen LogP contribution in [0.4, 0.5) is 5.82 Å². The highest BCUT2D eigenvalue weighted by molar-refractivity contribution is 6.30. The number of hydrogen-bond acceptors (Lipinski definition) is 4. The minimum Gasteiger partial charge on any atom is -0.278 e. The van der Waals surface area contributed by atoms with Crippen molar-refractivity contribution in [3.05, 3.63) is 125 Å². The van der Waals surface area contributed by atoms with Gasteiger partial charge in [0.25, 0.3) is 0 Å². The molecule has 4 nitrogen and oxygen atoms in total. The summed E-state index contributed by atoms with van der Waals surface area (Å²) in [5.41, 5.74) is 3.30. The minimum absolute atomic E-state index is 0.646. The Morgan fingerprint density at radius 1 is 0.844 bits per heavy atom. The fraction of sp³-hybridized carbons (Fsp3) is 0. The summed E-state index contributed by atoms with van der Waals surface area (Å²) in [5, 5.41) is 12.5. The third-order valence-electron chi connectivity index (χ3n) is 5.22. The molecule has 0 saturated carbocycles. The molecule has 0 atom stereocenters. The van der Waals surface area contributed by atoms with Crippen LogP contribution in [0.5, 0.6) is 0 Å². The van der Waals surface area contributed by atoms with Crippen molar-refractivity contribution in [1.29, 1.82) is 5.26 Å². The molecule has 1 aromatic heterocycles. The molecule has 1 aliphatic rings. The Morgan fingerprint density at radius 2 is 1.59 bits per heavy atom. The molecule has 5 heteroatoms. The molecule has 0 spiro atoms. The van der Waals surface area contributed by atoms with Crippen LogP contribution in [0, 0.1) is 11.3 Å². The normalized spacial score (nSPS) is 14.8. The number of aliphatic imine (C=N–C) groups is 1. The Morgan fingerprint density at radius 3 is 2.34 bits per heavy atom. The van der Waals surface area contributed by atoms with Crippen molar-refractivity contribution in [2.24, 2.45) is 4.99 Å². The zero-order chi connectivity index (χ0) is 21.9. The molecular weight excluding hydrogens is 416 g/mol. The molecule has 152 valence electrons. The van der Waals surface area contributed by atoms with Crippen molar-refractivity contribution >= 4 is 39.7 Å². The van der Waals surface area contributed by atoms with E-state index in [1.807, 2.05) is 65.6 Å². The Bertz CT molecular complexity index is 1430. The lowest BCUT2D eigenvalue weighted by Gasteiger charge is -2.30. The third-order valence-corrected chi connectivity index (χ3v) is 5.47. The van der Waals surface area contributed by atoms with E-state index in [2.05, 4.69) is 41.4 Å². The number of halogens is 1. The second-order valence-electron chi connectivity index (χ2n) is 7.26. The van der Waals surface area contributed by atoms with E-state index in [1.165, 1.54) is 6.08 Å². The zero-order valence-corrected chi connectivity index (χ0v) is 17.7. The first-order valence-electron chi connectivity index (χ1n) is 10.1. The lowest BCUT2D eigenvalue weighted by Crippen LogP contribution is -2.33. The van der Waals surface area contributed by atoms with E-state index >= 15 is 0 Å². The van der Waals surface area contributed by atoms with Crippen molar-refractivity contribution in [2.45, 2.75) is 0 Å². The van der Waals surface area contributed by atoms with Crippen molar-refractivity contribution in [3.8, 4) is 6.07 Å². The first kappa shape index (κ1) is 19.7. The molecule has 2 heterocycles. The summed E-state index contributed by atoms with van der Waals surface area (Å²) in [6, 6.07) is 29.8. The number of nitriles is 1. The van der Waals surface area contributed by atoms with Crippen LogP contribution >= 0.6 is 11.6 Å². The van der Waals surface area contributed by atoms with Crippen molar-refractivity contribution in [1.82, 2.24) is 4.98 Å². The molecule has 4 aromatic rings. The zero-order valence-electron chi connectivity index (χ0n) is 17.0. The minimum atomic E-state index is 0.646. The fourth-order valence-corrected chi connectivity index (χ4v) is 3.84. The van der Waals surface area contributed by atoms with Gasteiger partial charge in [-0.15, -0.1) is 0 Å². The summed E-state index contributed by atoms with van der Waals surface area (Å²) in [6.45, 7) is 0. The molecular formula is C27H17ClN4. The first-order valence-corrected chi connectivity index (χ1v) is 10.5. The van der Waals surface area contributed by atoms with Gasteiger partial charge in [0.2, 0.25) is 0 Å². The van der Waals surface area contributed by atoms with Gasteiger partial charge in [-0.05, 0) is 59.3 Å². The molecule has 0 amide bonds. The van der Waals surface area contributed by atoms with Gasteiger partial charge >= 0.3 is 0 Å². The average molecular weight is 433 g/mol. The summed E-state index contributed by atoms with van der Waals surface area (Å²) in [7, 11) is 0. The van der Waals surface area contributed by atoms with Crippen LogP contribution in [0.1, 0.15) is 11.1 Å². The molecule has 0 unspecified atom stereocenters. The molecule has 0 aliphatic carbocycles. The monoisotopic (exact) mass is 432 g/mol.